The van der Waals surface area contributed by atoms with Crippen molar-refractivity contribution in [3.63, 3.8) is 0 Å². The van der Waals surface area contributed by atoms with Crippen LogP contribution in [0.3, 0.4) is 0 Å². The van der Waals surface area contributed by atoms with Gasteiger partial charge in [0.1, 0.15) is 0 Å². The van der Waals surface area contributed by atoms with E-state index < -0.39 is 6.36 Å². The van der Waals surface area contributed by atoms with Gasteiger partial charge in [-0.1, -0.05) is 31.1 Å². The van der Waals surface area contributed by atoms with Crippen LogP contribution in [0, 0.1) is 0 Å². The topological polar surface area (TPSA) is 98.6 Å². The third kappa shape index (κ3) is 6.26. The van der Waals surface area contributed by atoms with Crippen LogP contribution in [0.1, 0.15) is 37.9 Å². The predicted molar refractivity (Wildman–Crippen MR) is 89.9 cm³/mol. The number of aliphatic imine (C=N–C) groups is 1. The zero-order valence-corrected chi connectivity index (χ0v) is 14.4. The smallest absolute Gasteiger partial charge is 0.404 e. The number of nitrogens with zero attached hydrogens (tertiary/aromatic N) is 3. The van der Waals surface area contributed by atoms with Gasteiger partial charge in [-0.15, -0.1) is 13.2 Å². The Bertz CT molecular complexity index is 743. The second-order valence-corrected chi connectivity index (χ2v) is 5.74. The average molecular weight is 371 g/mol. The second-order valence-electron chi connectivity index (χ2n) is 5.74. The highest BCUT2D eigenvalue weighted by molar-refractivity contribution is 5.93. The monoisotopic (exact) mass is 371 g/mol. The van der Waals surface area contributed by atoms with Crippen LogP contribution >= 0.6 is 0 Å². The molecule has 0 atom stereocenters. The number of hydrogen-bond acceptors (Lipinski definition) is 5. The van der Waals surface area contributed by atoms with Crippen molar-refractivity contribution in [1.82, 2.24) is 10.1 Å². The Balaban J connectivity index is 1.86. The van der Waals surface area contributed by atoms with Crippen molar-refractivity contribution in [2.75, 3.05) is 11.9 Å². The molecule has 0 saturated carbocycles. The van der Waals surface area contributed by atoms with Gasteiger partial charge in [0.25, 0.3) is 0 Å². The Morgan fingerprint density at radius 2 is 2.08 bits per heavy atom. The fraction of sp³-hybridized carbons (Fsp3) is 0.438. The molecule has 26 heavy (non-hydrogen) atoms. The maximum atomic E-state index is 12.4. The molecule has 0 bridgehead atoms. The van der Waals surface area contributed by atoms with Crippen molar-refractivity contribution in [2.45, 2.75) is 39.0 Å². The number of anilines is 1. The molecule has 0 amide bonds. The molecule has 1 heterocycles. The maximum absolute atomic E-state index is 12.4. The molecule has 0 aliphatic carbocycles. The summed E-state index contributed by atoms with van der Waals surface area (Å²) in [5.74, 6) is 0.941. The van der Waals surface area contributed by atoms with Gasteiger partial charge >= 0.3 is 6.36 Å². The second kappa shape index (κ2) is 8.54. The fourth-order valence-corrected chi connectivity index (χ4v) is 1.99. The largest absolute Gasteiger partial charge is 0.573 e. The van der Waals surface area contributed by atoms with E-state index >= 15 is 0 Å². The molecule has 7 nitrogen and oxygen atoms in total. The summed E-state index contributed by atoms with van der Waals surface area (Å²) in [6, 6.07) is 5.58. The lowest BCUT2D eigenvalue weighted by Crippen LogP contribution is -2.24. The third-order valence-corrected chi connectivity index (χ3v) is 3.21. The Morgan fingerprint density at radius 3 is 2.73 bits per heavy atom. The number of nitrogens with two attached hydrogens (primary N) is 1. The molecule has 0 saturated heterocycles. The van der Waals surface area contributed by atoms with Crippen molar-refractivity contribution in [2.24, 2.45) is 10.7 Å². The summed E-state index contributed by atoms with van der Waals surface area (Å²) in [6.07, 6.45) is -3.66. The molecule has 0 fully saturated rings. The highest BCUT2D eigenvalue weighted by atomic mass is 19.4. The molecule has 1 aromatic heterocycles. The lowest BCUT2D eigenvalue weighted by Gasteiger charge is -2.14. The molecular weight excluding hydrogens is 351 g/mol. The molecule has 0 aliphatic heterocycles. The van der Waals surface area contributed by atoms with Crippen LogP contribution in [0.2, 0.25) is 0 Å². The molecule has 0 aliphatic rings. The first kappa shape index (κ1) is 19.5. The van der Waals surface area contributed by atoms with Gasteiger partial charge in [-0.25, -0.2) is 0 Å². The summed E-state index contributed by atoms with van der Waals surface area (Å²) >= 11 is 0. The van der Waals surface area contributed by atoms with Gasteiger partial charge in [-0.05, 0) is 18.6 Å². The molecule has 2 aromatic rings. The summed E-state index contributed by atoms with van der Waals surface area (Å²) < 4.78 is 46.2. The quantitative estimate of drug-likeness (QED) is 0.439. The number of benzene rings is 1. The summed E-state index contributed by atoms with van der Waals surface area (Å²) in [7, 11) is 0. The zero-order valence-electron chi connectivity index (χ0n) is 14.4. The minimum Gasteiger partial charge on any atom is -0.404 e. The zero-order chi connectivity index (χ0) is 19.2. The van der Waals surface area contributed by atoms with Crippen molar-refractivity contribution in [3.8, 4) is 5.75 Å². The van der Waals surface area contributed by atoms with Gasteiger partial charge in [-0.3, -0.25) is 4.99 Å². The van der Waals surface area contributed by atoms with E-state index in [0.717, 1.165) is 0 Å². The third-order valence-electron chi connectivity index (χ3n) is 3.21. The van der Waals surface area contributed by atoms with E-state index in [9.17, 15) is 13.2 Å². The normalized spacial score (nSPS) is 12.5. The molecule has 2 rings (SSSR count). The van der Waals surface area contributed by atoms with E-state index in [1.807, 2.05) is 13.8 Å². The fourth-order valence-electron chi connectivity index (χ4n) is 1.99. The summed E-state index contributed by atoms with van der Waals surface area (Å²) in [5, 5.41) is 6.46. The highest BCUT2D eigenvalue weighted by Crippen LogP contribution is 2.29. The van der Waals surface area contributed by atoms with Crippen LogP contribution in [0.5, 0.6) is 5.75 Å². The van der Waals surface area contributed by atoms with Crippen molar-refractivity contribution in [3.05, 3.63) is 36.0 Å². The minimum atomic E-state index is -4.79. The van der Waals surface area contributed by atoms with Gasteiger partial charge in [0.15, 0.2) is 17.5 Å². The first-order valence-corrected chi connectivity index (χ1v) is 7.99. The van der Waals surface area contributed by atoms with E-state index in [1.165, 1.54) is 18.2 Å². The minimum absolute atomic E-state index is 0.0170. The Labute approximate surface area is 148 Å². The van der Waals surface area contributed by atoms with E-state index in [2.05, 4.69) is 25.2 Å². The number of hydrogen-bond donors (Lipinski definition) is 2. The number of aryl methyl sites for hydroxylation is 1. The Morgan fingerprint density at radius 1 is 1.35 bits per heavy atom. The molecule has 3 N–H and O–H groups in total. The average Bonchev–Trinajstić information content (AvgIpc) is 3.01. The number of aromatic nitrogens is 2. The summed E-state index contributed by atoms with van der Waals surface area (Å²) in [5.41, 5.74) is 5.79. The van der Waals surface area contributed by atoms with Crippen molar-refractivity contribution in [1.29, 1.82) is 0 Å². The van der Waals surface area contributed by atoms with E-state index in [1.54, 1.807) is 6.07 Å². The molecule has 142 valence electrons. The van der Waals surface area contributed by atoms with E-state index in [-0.39, 0.29) is 23.3 Å². The lowest BCUT2D eigenvalue weighted by atomic mass is 10.2. The molecule has 0 spiro atoms. The van der Waals surface area contributed by atoms with Crippen LogP contribution in [0.4, 0.5) is 18.9 Å². The standard InChI is InChI=1S/C16H20F3N5O2/c1-10(2)14-23-13(26-24-14)8-5-9-21-15(20)22-11-6-3-4-7-12(11)25-16(17,18)19/h3-4,6-7,10H,5,8-9H2,1-2H3,(H3,20,21,22). The van der Waals surface area contributed by atoms with Crippen LogP contribution < -0.4 is 15.8 Å². The number of para-hydroxylation sites is 2. The number of alkyl halides is 3. The number of halogens is 3. The van der Waals surface area contributed by atoms with Crippen LogP contribution in [0.15, 0.2) is 33.8 Å². The maximum Gasteiger partial charge on any atom is 0.573 e. The molecular formula is C16H20F3N5O2. The predicted octanol–water partition coefficient (Wildman–Crippen LogP) is 3.45. The van der Waals surface area contributed by atoms with Gasteiger partial charge in [0.05, 0.1) is 5.69 Å². The van der Waals surface area contributed by atoms with Crippen molar-refractivity contribution >= 4 is 11.6 Å². The molecule has 10 heteroatoms. The van der Waals surface area contributed by atoms with Crippen molar-refractivity contribution < 1.29 is 22.4 Å². The molecule has 1 aromatic carbocycles. The molecule has 0 radical (unpaired) electrons. The summed E-state index contributed by atoms with van der Waals surface area (Å²) in [6.45, 7) is 4.28. The first-order chi connectivity index (χ1) is 12.2. The number of rotatable bonds is 7. The number of ether oxygens (including phenoxy) is 1. The van der Waals surface area contributed by atoms with Gasteiger partial charge in [-0.2, -0.15) is 4.98 Å². The van der Waals surface area contributed by atoms with E-state index in [0.29, 0.717) is 31.1 Å². The lowest BCUT2D eigenvalue weighted by molar-refractivity contribution is -0.274. The van der Waals surface area contributed by atoms with Gasteiger partial charge in [0.2, 0.25) is 5.89 Å². The Hall–Kier alpha value is -2.78. The number of guanidine groups is 1. The molecule has 0 unspecified atom stereocenters. The van der Waals surface area contributed by atoms with Crippen LogP contribution in [-0.2, 0) is 6.42 Å². The summed E-state index contributed by atoms with van der Waals surface area (Å²) in [4.78, 5) is 8.31. The van der Waals surface area contributed by atoms with Crippen LogP contribution in [-0.4, -0.2) is 29.0 Å². The van der Waals surface area contributed by atoms with Crippen LogP contribution in [0.25, 0.3) is 0 Å². The first-order valence-electron chi connectivity index (χ1n) is 7.99. The highest BCUT2D eigenvalue weighted by Gasteiger charge is 2.32. The SMILES string of the molecule is CC(C)c1noc(CCCN=C(N)Nc2ccccc2OC(F)(F)F)n1. The number of nitrogens with one attached hydrogen (secondary N) is 1. The van der Waals surface area contributed by atoms with Gasteiger partial charge in [0, 0.05) is 18.9 Å². The van der Waals surface area contributed by atoms with Gasteiger partial charge < -0.3 is 20.3 Å². The van der Waals surface area contributed by atoms with E-state index in [4.69, 9.17) is 10.3 Å². The Kier molecular flexibility index (Phi) is 6.42.